The van der Waals surface area contributed by atoms with Crippen LogP contribution in [0.25, 0.3) is 0 Å². The van der Waals surface area contributed by atoms with Crippen LogP contribution in [-0.4, -0.2) is 37.6 Å². The van der Waals surface area contributed by atoms with Crippen molar-refractivity contribution in [3.63, 3.8) is 0 Å². The number of hydrogen-bond acceptors (Lipinski definition) is 2. The van der Waals surface area contributed by atoms with E-state index in [1.165, 1.54) is 37.2 Å². The van der Waals surface area contributed by atoms with Crippen LogP contribution in [0.5, 0.6) is 0 Å². The summed E-state index contributed by atoms with van der Waals surface area (Å²) < 4.78 is 0. The minimum atomic E-state index is 0.351. The van der Waals surface area contributed by atoms with Crippen LogP contribution in [0.1, 0.15) is 25.0 Å². The molecule has 0 radical (unpaired) electrons. The Hall–Kier alpha value is -0.860. The molecule has 0 atom stereocenters. The molecule has 0 aliphatic carbocycles. The first-order valence-electron chi connectivity index (χ1n) is 7.04. The molecule has 0 spiro atoms. The van der Waals surface area contributed by atoms with Gasteiger partial charge in [-0.3, -0.25) is 0 Å². The first kappa shape index (κ1) is 13.6. The molecule has 0 bridgehead atoms. The van der Waals surface area contributed by atoms with Gasteiger partial charge in [0.2, 0.25) is 0 Å². The molecule has 1 fully saturated rings. The number of hydrogen-bond donors (Lipinski definition) is 1. The Balaban J connectivity index is 1.96. The van der Waals surface area contributed by atoms with E-state index in [-0.39, 0.29) is 0 Å². The van der Waals surface area contributed by atoms with E-state index in [1.54, 1.807) is 0 Å². The fraction of sp³-hybridized carbons (Fsp3) is 0.625. The van der Waals surface area contributed by atoms with Crippen LogP contribution >= 0.6 is 0 Å². The van der Waals surface area contributed by atoms with Gasteiger partial charge in [0.05, 0.1) is 0 Å². The molecule has 18 heavy (non-hydrogen) atoms. The maximum absolute atomic E-state index is 3.42. The zero-order valence-corrected chi connectivity index (χ0v) is 12.0. The molecule has 0 unspecified atom stereocenters. The fourth-order valence-corrected chi connectivity index (χ4v) is 2.85. The molecule has 2 heteroatoms. The molecule has 1 aromatic rings. The molecule has 100 valence electrons. The normalized spacial score (nSPS) is 17.9. The number of rotatable bonds is 4. The second-order valence-electron chi connectivity index (χ2n) is 6.29. The highest BCUT2D eigenvalue weighted by Crippen LogP contribution is 2.25. The predicted octanol–water partition coefficient (Wildman–Crippen LogP) is 2.47. The van der Waals surface area contributed by atoms with E-state index in [2.05, 4.69) is 55.3 Å². The van der Waals surface area contributed by atoms with Crippen molar-refractivity contribution in [3.8, 4) is 0 Å². The molecule has 0 amide bonds. The van der Waals surface area contributed by atoms with Gasteiger partial charge in [0.25, 0.3) is 0 Å². The fourth-order valence-electron chi connectivity index (χ4n) is 2.85. The topological polar surface area (TPSA) is 15.3 Å². The summed E-state index contributed by atoms with van der Waals surface area (Å²) in [5.41, 5.74) is 3.27. The van der Waals surface area contributed by atoms with Crippen LogP contribution in [0, 0.1) is 12.3 Å². The molecule has 1 N–H and O–H groups in total. The third-order valence-corrected chi connectivity index (χ3v) is 3.79. The second-order valence-corrected chi connectivity index (χ2v) is 6.29. The molecule has 0 aromatic heterocycles. The number of nitrogens with zero attached hydrogens (tertiary/aromatic N) is 1. The molecule has 2 nitrogen and oxygen atoms in total. The zero-order chi connectivity index (χ0) is 13.0. The smallest absolute Gasteiger partial charge is 0.0108 e. The number of aryl methyl sites for hydroxylation is 1. The van der Waals surface area contributed by atoms with Gasteiger partial charge in [0.15, 0.2) is 0 Å². The van der Waals surface area contributed by atoms with E-state index in [1.807, 2.05) is 0 Å². The Morgan fingerprint density at radius 3 is 2.50 bits per heavy atom. The summed E-state index contributed by atoms with van der Waals surface area (Å²) in [6, 6.07) is 8.77. The Morgan fingerprint density at radius 1 is 1.17 bits per heavy atom. The van der Waals surface area contributed by atoms with Gasteiger partial charge in [0, 0.05) is 32.7 Å². The third-order valence-electron chi connectivity index (χ3n) is 3.79. The third kappa shape index (κ3) is 3.82. The van der Waals surface area contributed by atoms with E-state index in [4.69, 9.17) is 0 Å². The van der Waals surface area contributed by atoms with E-state index in [0.717, 1.165) is 13.1 Å². The summed E-state index contributed by atoms with van der Waals surface area (Å²) in [7, 11) is 0. The van der Waals surface area contributed by atoms with Crippen LogP contribution in [0.3, 0.4) is 0 Å². The summed E-state index contributed by atoms with van der Waals surface area (Å²) in [4.78, 5) is 2.59. The van der Waals surface area contributed by atoms with Crippen molar-refractivity contribution in [2.24, 2.45) is 5.41 Å². The number of nitrogens with one attached hydrogen (secondary N) is 1. The van der Waals surface area contributed by atoms with Crippen LogP contribution in [0.2, 0.25) is 0 Å². The number of benzene rings is 1. The van der Waals surface area contributed by atoms with Crippen LogP contribution in [0.4, 0.5) is 0 Å². The van der Waals surface area contributed by atoms with E-state index >= 15 is 0 Å². The molecule has 1 aliphatic rings. The molecule has 1 saturated heterocycles. The highest BCUT2D eigenvalue weighted by Gasteiger charge is 2.23. The van der Waals surface area contributed by atoms with Gasteiger partial charge in [0.1, 0.15) is 0 Å². The van der Waals surface area contributed by atoms with Gasteiger partial charge in [-0.15, -0.1) is 0 Å². The van der Waals surface area contributed by atoms with Crippen molar-refractivity contribution in [2.45, 2.75) is 27.2 Å². The van der Waals surface area contributed by atoms with Crippen LogP contribution in [-0.2, 0) is 6.42 Å². The minimum absolute atomic E-state index is 0.351. The first-order valence-corrected chi connectivity index (χ1v) is 7.04. The van der Waals surface area contributed by atoms with Gasteiger partial charge >= 0.3 is 0 Å². The molecule has 0 saturated carbocycles. The average Bonchev–Trinajstić information content (AvgIpc) is 2.32. The lowest BCUT2D eigenvalue weighted by Gasteiger charge is -2.35. The van der Waals surface area contributed by atoms with Crippen molar-refractivity contribution in [1.29, 1.82) is 0 Å². The van der Waals surface area contributed by atoms with E-state index < -0.39 is 0 Å². The van der Waals surface area contributed by atoms with Crippen molar-refractivity contribution >= 4 is 0 Å². The quantitative estimate of drug-likeness (QED) is 0.878. The Kier molecular flexibility index (Phi) is 4.41. The zero-order valence-electron chi connectivity index (χ0n) is 12.0. The van der Waals surface area contributed by atoms with Gasteiger partial charge < -0.3 is 10.2 Å². The van der Waals surface area contributed by atoms with Gasteiger partial charge in [-0.2, -0.15) is 0 Å². The lowest BCUT2D eigenvalue weighted by atomic mass is 9.83. The lowest BCUT2D eigenvalue weighted by Crippen LogP contribution is -2.47. The van der Waals surface area contributed by atoms with Gasteiger partial charge in [-0.05, 0) is 29.9 Å². The maximum atomic E-state index is 3.42. The molecule has 1 aromatic carbocycles. The highest BCUT2D eigenvalue weighted by molar-refractivity contribution is 5.26. The van der Waals surface area contributed by atoms with Crippen LogP contribution in [0.15, 0.2) is 24.3 Å². The summed E-state index contributed by atoms with van der Waals surface area (Å²) >= 11 is 0. The Morgan fingerprint density at radius 2 is 1.83 bits per heavy atom. The van der Waals surface area contributed by atoms with Gasteiger partial charge in [-0.25, -0.2) is 0 Å². The van der Waals surface area contributed by atoms with E-state index in [0.29, 0.717) is 5.41 Å². The van der Waals surface area contributed by atoms with E-state index in [9.17, 15) is 0 Å². The summed E-state index contributed by atoms with van der Waals surface area (Å²) in [5, 5.41) is 3.42. The number of piperazine rings is 1. The SMILES string of the molecule is Cc1ccccc1CC(C)(C)CN1CCNCC1. The molecule has 1 heterocycles. The standard InChI is InChI=1S/C16H26N2/c1-14-6-4-5-7-15(14)12-16(2,3)13-18-10-8-17-9-11-18/h4-7,17H,8-13H2,1-3H3. The Labute approximate surface area is 111 Å². The van der Waals surface area contributed by atoms with Crippen molar-refractivity contribution in [3.05, 3.63) is 35.4 Å². The molecule has 1 aliphatic heterocycles. The van der Waals surface area contributed by atoms with Crippen molar-refractivity contribution in [2.75, 3.05) is 32.7 Å². The van der Waals surface area contributed by atoms with Crippen molar-refractivity contribution in [1.82, 2.24) is 10.2 Å². The van der Waals surface area contributed by atoms with Crippen molar-refractivity contribution < 1.29 is 0 Å². The monoisotopic (exact) mass is 246 g/mol. The van der Waals surface area contributed by atoms with Gasteiger partial charge in [-0.1, -0.05) is 38.1 Å². The highest BCUT2D eigenvalue weighted by atomic mass is 15.2. The Bertz CT molecular complexity index is 378. The summed E-state index contributed by atoms with van der Waals surface area (Å²) in [5.74, 6) is 0. The largest absolute Gasteiger partial charge is 0.314 e. The molecular formula is C16H26N2. The minimum Gasteiger partial charge on any atom is -0.314 e. The molecule has 2 rings (SSSR count). The second kappa shape index (κ2) is 5.85. The van der Waals surface area contributed by atoms with Crippen LogP contribution < -0.4 is 5.32 Å². The average molecular weight is 246 g/mol. The molecular weight excluding hydrogens is 220 g/mol. The lowest BCUT2D eigenvalue weighted by molar-refractivity contribution is 0.160. The predicted molar refractivity (Wildman–Crippen MR) is 78.0 cm³/mol. The first-order chi connectivity index (χ1) is 8.57. The summed E-state index contributed by atoms with van der Waals surface area (Å²) in [6.45, 7) is 12.9. The summed E-state index contributed by atoms with van der Waals surface area (Å²) in [6.07, 6.45) is 1.17. The maximum Gasteiger partial charge on any atom is 0.0108 e.